The van der Waals surface area contributed by atoms with Gasteiger partial charge in [-0.2, -0.15) is 0 Å². The lowest BCUT2D eigenvalue weighted by atomic mass is 10.0. The van der Waals surface area contributed by atoms with Gasteiger partial charge in [0.25, 0.3) is 0 Å². The second-order valence-corrected chi connectivity index (χ2v) is 3.37. The van der Waals surface area contributed by atoms with Crippen LogP contribution in [0.1, 0.15) is 18.1 Å². The Morgan fingerprint density at radius 2 is 1.85 bits per heavy atom. The highest BCUT2D eigenvalue weighted by Crippen LogP contribution is 2.06. The van der Waals surface area contributed by atoms with Crippen molar-refractivity contribution in [1.82, 2.24) is 0 Å². The smallest absolute Gasteiger partial charge is 0.162 e. The van der Waals surface area contributed by atoms with Crippen molar-refractivity contribution in [3.8, 4) is 0 Å². The molecular weight excluding hydrogens is 160 g/mol. The third kappa shape index (κ3) is 2.86. The van der Waals surface area contributed by atoms with E-state index in [4.69, 9.17) is 0 Å². The average Bonchev–Trinajstić information content (AvgIpc) is 2.08. The van der Waals surface area contributed by atoms with Crippen molar-refractivity contribution >= 4 is 5.78 Å². The van der Waals surface area contributed by atoms with Crippen molar-refractivity contribution in [2.75, 3.05) is 0 Å². The quantitative estimate of drug-likeness (QED) is 0.644. The summed E-state index contributed by atoms with van der Waals surface area (Å²) in [6.07, 6.45) is 0.468. The number of allylic oxidation sites excluding steroid dienone is 1. The lowest BCUT2D eigenvalue weighted by Gasteiger charge is -2.00. The third-order valence-corrected chi connectivity index (χ3v) is 1.96. The van der Waals surface area contributed by atoms with Gasteiger partial charge in [0.2, 0.25) is 0 Å². The topological polar surface area (TPSA) is 17.1 Å². The van der Waals surface area contributed by atoms with Crippen molar-refractivity contribution in [3.05, 3.63) is 47.5 Å². The van der Waals surface area contributed by atoms with E-state index < -0.39 is 0 Å². The maximum Gasteiger partial charge on any atom is 0.162 e. The third-order valence-electron chi connectivity index (χ3n) is 1.96. The van der Waals surface area contributed by atoms with Crippen LogP contribution in [0.3, 0.4) is 0 Å². The predicted octanol–water partition coefficient (Wildman–Crippen LogP) is 2.68. The summed E-state index contributed by atoms with van der Waals surface area (Å²) in [4.78, 5) is 11.3. The minimum atomic E-state index is 0.115. The Labute approximate surface area is 79.1 Å². The first-order valence-electron chi connectivity index (χ1n) is 4.34. The molecule has 1 nitrogen and oxygen atoms in total. The van der Waals surface area contributed by atoms with Crippen LogP contribution < -0.4 is 0 Å². The molecule has 0 aliphatic heterocycles. The Hall–Kier alpha value is -1.37. The fourth-order valence-corrected chi connectivity index (χ4v) is 1.04. The lowest BCUT2D eigenvalue weighted by Crippen LogP contribution is -2.02. The van der Waals surface area contributed by atoms with Crippen molar-refractivity contribution < 1.29 is 4.79 Å². The fourth-order valence-electron chi connectivity index (χ4n) is 1.04. The van der Waals surface area contributed by atoms with Crippen LogP contribution in [0.15, 0.2) is 36.4 Å². The van der Waals surface area contributed by atoms with E-state index in [9.17, 15) is 4.79 Å². The van der Waals surface area contributed by atoms with Gasteiger partial charge in [-0.05, 0) is 25.0 Å². The number of carbonyl (C=O) groups excluding carboxylic acids is 1. The normalized spacial score (nSPS) is 9.69. The van der Waals surface area contributed by atoms with E-state index in [1.54, 1.807) is 6.92 Å². The molecule has 0 unspecified atom stereocenters. The number of benzene rings is 1. The maximum absolute atomic E-state index is 11.3. The van der Waals surface area contributed by atoms with E-state index in [1.165, 1.54) is 5.56 Å². The minimum Gasteiger partial charge on any atom is -0.294 e. The zero-order chi connectivity index (χ0) is 9.84. The average molecular weight is 174 g/mol. The first-order valence-corrected chi connectivity index (χ1v) is 4.34. The Morgan fingerprint density at radius 3 is 2.31 bits per heavy atom. The van der Waals surface area contributed by atoms with Crippen molar-refractivity contribution in [2.24, 2.45) is 0 Å². The van der Waals surface area contributed by atoms with Gasteiger partial charge in [0.1, 0.15) is 0 Å². The molecule has 0 saturated carbocycles. The van der Waals surface area contributed by atoms with Crippen LogP contribution in [-0.4, -0.2) is 5.78 Å². The van der Waals surface area contributed by atoms with Crippen LogP contribution in [0.4, 0.5) is 0 Å². The van der Waals surface area contributed by atoms with Crippen molar-refractivity contribution in [2.45, 2.75) is 20.3 Å². The fraction of sp³-hybridized carbons (Fsp3) is 0.250. The number of rotatable bonds is 3. The summed E-state index contributed by atoms with van der Waals surface area (Å²) in [5.74, 6) is 0.115. The van der Waals surface area contributed by atoms with Crippen LogP contribution in [0, 0.1) is 6.92 Å². The summed E-state index contributed by atoms with van der Waals surface area (Å²) in [6, 6.07) is 7.99. The molecule has 0 saturated heterocycles. The number of Topliss-reactive ketones (excluding diaryl/α,β-unsaturated/α-hetero) is 1. The molecule has 0 aromatic heterocycles. The molecule has 1 rings (SSSR count). The Kier molecular flexibility index (Phi) is 3.02. The summed E-state index contributed by atoms with van der Waals surface area (Å²) >= 11 is 0. The van der Waals surface area contributed by atoms with Crippen molar-refractivity contribution in [3.63, 3.8) is 0 Å². The molecule has 0 bridgehead atoms. The molecule has 1 aromatic rings. The van der Waals surface area contributed by atoms with Gasteiger partial charge in [0.15, 0.2) is 5.78 Å². The molecule has 0 N–H and O–H groups in total. The molecule has 0 heterocycles. The van der Waals surface area contributed by atoms with Crippen molar-refractivity contribution in [1.29, 1.82) is 0 Å². The molecule has 0 atom stereocenters. The molecule has 0 amide bonds. The van der Waals surface area contributed by atoms with Gasteiger partial charge in [-0.3, -0.25) is 4.79 Å². The molecule has 0 aliphatic rings. The van der Waals surface area contributed by atoms with E-state index in [2.05, 4.69) is 6.58 Å². The first kappa shape index (κ1) is 9.72. The van der Waals surface area contributed by atoms with Gasteiger partial charge >= 0.3 is 0 Å². The first-order chi connectivity index (χ1) is 6.09. The monoisotopic (exact) mass is 174 g/mol. The van der Waals surface area contributed by atoms with Gasteiger partial charge in [0.05, 0.1) is 0 Å². The van der Waals surface area contributed by atoms with E-state index in [0.29, 0.717) is 12.0 Å². The zero-order valence-corrected chi connectivity index (χ0v) is 8.13. The summed E-state index contributed by atoms with van der Waals surface area (Å²) in [7, 11) is 0. The molecule has 0 aliphatic carbocycles. The Balaban J connectivity index is 2.70. The van der Waals surface area contributed by atoms with Crippen LogP contribution in [0.25, 0.3) is 0 Å². The minimum absolute atomic E-state index is 0.115. The maximum atomic E-state index is 11.3. The zero-order valence-electron chi connectivity index (χ0n) is 8.13. The lowest BCUT2D eigenvalue weighted by molar-refractivity contribution is -0.114. The van der Waals surface area contributed by atoms with Gasteiger partial charge in [0, 0.05) is 6.42 Å². The highest BCUT2D eigenvalue weighted by atomic mass is 16.1. The number of hydrogen-bond donors (Lipinski definition) is 0. The summed E-state index contributed by atoms with van der Waals surface area (Å²) in [6.45, 7) is 7.40. The molecule has 13 heavy (non-hydrogen) atoms. The standard InChI is InChI=1S/C12H14O/c1-9(2)12(13)8-11-6-4-10(3)5-7-11/h4-7H,1,8H2,2-3H3. The van der Waals surface area contributed by atoms with Gasteiger partial charge in [-0.25, -0.2) is 0 Å². The van der Waals surface area contributed by atoms with Gasteiger partial charge in [-0.15, -0.1) is 0 Å². The number of carbonyl (C=O) groups is 1. The molecule has 0 radical (unpaired) electrons. The highest BCUT2D eigenvalue weighted by molar-refractivity contribution is 5.95. The van der Waals surface area contributed by atoms with Gasteiger partial charge in [-0.1, -0.05) is 36.4 Å². The van der Waals surface area contributed by atoms with E-state index in [-0.39, 0.29) is 5.78 Å². The van der Waals surface area contributed by atoms with E-state index >= 15 is 0 Å². The summed E-state index contributed by atoms with van der Waals surface area (Å²) < 4.78 is 0. The predicted molar refractivity (Wildman–Crippen MR) is 54.7 cm³/mol. The van der Waals surface area contributed by atoms with Gasteiger partial charge < -0.3 is 0 Å². The Morgan fingerprint density at radius 1 is 1.31 bits per heavy atom. The largest absolute Gasteiger partial charge is 0.294 e. The molecule has 0 spiro atoms. The number of ketones is 1. The van der Waals surface area contributed by atoms with Crippen LogP contribution in [0.2, 0.25) is 0 Å². The summed E-state index contributed by atoms with van der Waals surface area (Å²) in [5, 5.41) is 0. The van der Waals surface area contributed by atoms with Crippen LogP contribution in [-0.2, 0) is 11.2 Å². The van der Waals surface area contributed by atoms with Crippen LogP contribution >= 0.6 is 0 Å². The second kappa shape index (κ2) is 4.04. The number of hydrogen-bond acceptors (Lipinski definition) is 1. The highest BCUT2D eigenvalue weighted by Gasteiger charge is 2.02. The molecule has 68 valence electrons. The molecule has 0 fully saturated rings. The SMILES string of the molecule is C=C(C)C(=O)Cc1ccc(C)cc1. The Bertz CT molecular complexity index is 319. The molecule has 1 aromatic carbocycles. The van der Waals surface area contributed by atoms with E-state index in [0.717, 1.165) is 5.56 Å². The van der Waals surface area contributed by atoms with E-state index in [1.807, 2.05) is 31.2 Å². The molecule has 1 heteroatoms. The summed E-state index contributed by atoms with van der Waals surface area (Å²) in [5.41, 5.74) is 2.89. The molecular formula is C12H14O. The number of aryl methyl sites for hydroxylation is 1. The second-order valence-electron chi connectivity index (χ2n) is 3.37. The van der Waals surface area contributed by atoms with Crippen LogP contribution in [0.5, 0.6) is 0 Å².